The second-order valence-corrected chi connectivity index (χ2v) is 15.6. The maximum absolute atomic E-state index is 7.24. The molecule has 1 atom stereocenters. The monoisotopic (exact) mass is 360 g/mol. The molecule has 0 saturated heterocycles. The number of allylic oxidation sites excluding steroid dienone is 1. The molecule has 1 nitrogen and oxygen atoms in total. The average Bonchev–Trinajstić information content (AvgIpc) is 2.65. The summed E-state index contributed by atoms with van der Waals surface area (Å²) in [5, 5.41) is 1.24. The maximum atomic E-state index is 7.24. The molecule has 2 rings (SSSR count). The SMILES string of the molecule is C=C[Si](C=C)(O[Si](C=C)(C(=C)C)C1CCCCC1)C1CCCCC1. The zero-order chi connectivity index (χ0) is 17.6. The van der Waals surface area contributed by atoms with Crippen molar-refractivity contribution in [2.75, 3.05) is 0 Å². The van der Waals surface area contributed by atoms with Gasteiger partial charge in [0.05, 0.1) is 0 Å². The Hall–Kier alpha value is -0.646. The third-order valence-corrected chi connectivity index (χ3v) is 16.0. The molecule has 2 aliphatic carbocycles. The lowest BCUT2D eigenvalue weighted by Crippen LogP contribution is -2.55. The molecular formula is C21H36OSi2. The van der Waals surface area contributed by atoms with Crippen LogP contribution in [0.2, 0.25) is 11.1 Å². The van der Waals surface area contributed by atoms with Crippen LogP contribution < -0.4 is 0 Å². The summed E-state index contributed by atoms with van der Waals surface area (Å²) in [5.74, 6) is 0. The fraction of sp³-hybridized carbons (Fsp3) is 0.619. The van der Waals surface area contributed by atoms with E-state index in [1.165, 1.54) is 69.4 Å². The van der Waals surface area contributed by atoms with Crippen LogP contribution in [-0.4, -0.2) is 16.6 Å². The third-order valence-electron chi connectivity index (χ3n) is 6.41. The fourth-order valence-corrected chi connectivity index (χ4v) is 15.0. The Kier molecular flexibility index (Phi) is 7.08. The van der Waals surface area contributed by atoms with E-state index in [1.54, 1.807) is 0 Å². The molecular weight excluding hydrogens is 324 g/mol. The Morgan fingerprint density at radius 1 is 0.792 bits per heavy atom. The molecule has 2 aliphatic rings. The quantitative estimate of drug-likeness (QED) is 0.430. The van der Waals surface area contributed by atoms with Gasteiger partial charge in [0.25, 0.3) is 0 Å². The lowest BCUT2D eigenvalue weighted by atomic mass is 10.0. The smallest absolute Gasteiger partial charge is 0.235 e. The Bertz CT molecular complexity index is 464. The van der Waals surface area contributed by atoms with Crippen molar-refractivity contribution < 1.29 is 4.12 Å². The van der Waals surface area contributed by atoms with Gasteiger partial charge in [-0.15, -0.1) is 26.3 Å². The molecule has 24 heavy (non-hydrogen) atoms. The molecule has 0 aromatic heterocycles. The van der Waals surface area contributed by atoms with Crippen molar-refractivity contribution in [2.24, 2.45) is 0 Å². The van der Waals surface area contributed by atoms with Crippen LogP contribution in [-0.2, 0) is 4.12 Å². The average molecular weight is 361 g/mol. The topological polar surface area (TPSA) is 9.23 Å². The third kappa shape index (κ3) is 3.78. The number of hydrogen-bond donors (Lipinski definition) is 0. The first-order chi connectivity index (χ1) is 11.5. The summed E-state index contributed by atoms with van der Waals surface area (Å²) >= 11 is 0. The summed E-state index contributed by atoms with van der Waals surface area (Å²) in [6, 6.07) is 0. The molecule has 0 heterocycles. The predicted octanol–water partition coefficient (Wildman–Crippen LogP) is 6.85. The van der Waals surface area contributed by atoms with E-state index in [1.807, 2.05) is 0 Å². The second-order valence-electron chi connectivity index (χ2n) is 7.81. The van der Waals surface area contributed by atoms with Crippen LogP contribution in [0.5, 0.6) is 0 Å². The van der Waals surface area contributed by atoms with Crippen LogP contribution in [0.15, 0.2) is 48.6 Å². The summed E-state index contributed by atoms with van der Waals surface area (Å²) in [6.45, 7) is 19.3. The van der Waals surface area contributed by atoms with Crippen molar-refractivity contribution in [3.8, 4) is 0 Å². The van der Waals surface area contributed by atoms with Crippen molar-refractivity contribution in [3.63, 3.8) is 0 Å². The van der Waals surface area contributed by atoms with E-state index in [2.05, 4.69) is 50.3 Å². The Labute approximate surface area is 151 Å². The Morgan fingerprint density at radius 3 is 1.62 bits per heavy atom. The van der Waals surface area contributed by atoms with Gasteiger partial charge in [-0.1, -0.05) is 86.5 Å². The van der Waals surface area contributed by atoms with Gasteiger partial charge in [0, 0.05) is 0 Å². The van der Waals surface area contributed by atoms with E-state index in [0.717, 1.165) is 0 Å². The highest BCUT2D eigenvalue weighted by Gasteiger charge is 2.50. The molecule has 0 amide bonds. The van der Waals surface area contributed by atoms with E-state index in [4.69, 9.17) is 4.12 Å². The van der Waals surface area contributed by atoms with Crippen LogP contribution in [0.3, 0.4) is 0 Å². The highest BCUT2D eigenvalue weighted by atomic mass is 28.4. The van der Waals surface area contributed by atoms with E-state index in [0.29, 0.717) is 11.1 Å². The molecule has 0 aromatic rings. The maximum Gasteiger partial charge on any atom is 0.235 e. The van der Waals surface area contributed by atoms with Crippen molar-refractivity contribution in [1.82, 2.24) is 0 Å². The van der Waals surface area contributed by atoms with Gasteiger partial charge in [0.15, 0.2) is 0 Å². The Morgan fingerprint density at radius 2 is 1.25 bits per heavy atom. The van der Waals surface area contributed by atoms with Crippen LogP contribution in [0.1, 0.15) is 71.1 Å². The first-order valence-corrected chi connectivity index (χ1v) is 14.0. The van der Waals surface area contributed by atoms with Gasteiger partial charge in [-0.25, -0.2) is 0 Å². The van der Waals surface area contributed by atoms with Gasteiger partial charge >= 0.3 is 0 Å². The molecule has 0 aliphatic heterocycles. The minimum absolute atomic E-state index is 0.635. The van der Waals surface area contributed by atoms with Crippen LogP contribution in [0, 0.1) is 0 Å². The molecule has 2 fully saturated rings. The summed E-state index contributed by atoms with van der Waals surface area (Å²) < 4.78 is 7.24. The summed E-state index contributed by atoms with van der Waals surface area (Å²) in [4.78, 5) is 0. The fourth-order valence-electron chi connectivity index (χ4n) is 4.86. The van der Waals surface area contributed by atoms with Crippen LogP contribution in [0.4, 0.5) is 0 Å². The van der Waals surface area contributed by atoms with Gasteiger partial charge in [-0.2, -0.15) is 0 Å². The van der Waals surface area contributed by atoms with E-state index in [-0.39, 0.29) is 0 Å². The normalized spacial score (nSPS) is 23.2. The first kappa shape index (κ1) is 19.7. The van der Waals surface area contributed by atoms with Crippen molar-refractivity contribution in [2.45, 2.75) is 82.2 Å². The summed E-state index contributed by atoms with van der Waals surface area (Å²) in [5.41, 5.74) is 7.77. The highest BCUT2D eigenvalue weighted by molar-refractivity contribution is 6.98. The van der Waals surface area contributed by atoms with Gasteiger partial charge in [-0.05, 0) is 18.0 Å². The molecule has 0 spiro atoms. The van der Waals surface area contributed by atoms with Gasteiger partial charge in [0.1, 0.15) is 0 Å². The number of rotatable bonds is 8. The van der Waals surface area contributed by atoms with Gasteiger partial charge in [0.2, 0.25) is 16.6 Å². The van der Waals surface area contributed by atoms with E-state index in [9.17, 15) is 0 Å². The molecule has 0 bridgehead atoms. The summed E-state index contributed by atoms with van der Waals surface area (Å²) in [6.07, 6.45) is 13.1. The molecule has 0 radical (unpaired) electrons. The zero-order valence-electron chi connectivity index (χ0n) is 15.7. The Balaban J connectivity index is 2.36. The van der Waals surface area contributed by atoms with Crippen LogP contribution >= 0.6 is 0 Å². The van der Waals surface area contributed by atoms with Gasteiger partial charge in [-0.3, -0.25) is 0 Å². The molecule has 1 unspecified atom stereocenters. The summed E-state index contributed by atoms with van der Waals surface area (Å²) in [7, 11) is -4.41. The molecule has 2 saturated carbocycles. The minimum atomic E-state index is -2.22. The van der Waals surface area contributed by atoms with Gasteiger partial charge < -0.3 is 4.12 Å². The molecule has 134 valence electrons. The van der Waals surface area contributed by atoms with E-state index >= 15 is 0 Å². The number of hydrogen-bond acceptors (Lipinski definition) is 1. The predicted molar refractivity (Wildman–Crippen MR) is 112 cm³/mol. The lowest BCUT2D eigenvalue weighted by Gasteiger charge is -2.47. The standard InChI is InChI=1S/C21H36OSi2/c1-6-23(7-2,20-15-11-9-12-16-20)22-24(8-3,19(4)5)21-17-13-10-14-18-21/h6-8,20-21H,1-4,9-18H2,5H3. The second kappa shape index (κ2) is 8.64. The van der Waals surface area contributed by atoms with E-state index < -0.39 is 16.6 Å². The largest absolute Gasteiger partial charge is 0.443 e. The minimum Gasteiger partial charge on any atom is -0.443 e. The highest BCUT2D eigenvalue weighted by Crippen LogP contribution is 2.47. The molecule has 3 heteroatoms. The van der Waals surface area contributed by atoms with Crippen molar-refractivity contribution in [1.29, 1.82) is 0 Å². The molecule has 0 aromatic carbocycles. The van der Waals surface area contributed by atoms with Crippen LogP contribution in [0.25, 0.3) is 0 Å². The molecule has 0 N–H and O–H groups in total. The van der Waals surface area contributed by atoms with Crippen molar-refractivity contribution in [3.05, 3.63) is 48.6 Å². The first-order valence-electron chi connectivity index (χ1n) is 9.81. The zero-order valence-corrected chi connectivity index (χ0v) is 17.7. The lowest BCUT2D eigenvalue weighted by molar-refractivity contribution is 0.417. The van der Waals surface area contributed by atoms with Crippen molar-refractivity contribution >= 4 is 16.6 Å².